The van der Waals surface area contributed by atoms with Crippen LogP contribution in [0.2, 0.25) is 0 Å². The van der Waals surface area contributed by atoms with Crippen LogP contribution in [0, 0.1) is 0 Å². The molecule has 6 heteroatoms. The van der Waals surface area contributed by atoms with E-state index in [9.17, 15) is 9.59 Å². The summed E-state index contributed by atoms with van der Waals surface area (Å²) in [6.07, 6.45) is 6.95. The van der Waals surface area contributed by atoms with Crippen LogP contribution < -0.4 is 5.32 Å². The molecule has 0 aromatic carbocycles. The van der Waals surface area contributed by atoms with Crippen molar-refractivity contribution in [2.45, 2.75) is 39.0 Å². The molecule has 2 aromatic heterocycles. The monoisotopic (exact) mass is 328 g/mol. The maximum absolute atomic E-state index is 12.8. The van der Waals surface area contributed by atoms with E-state index in [1.165, 1.54) is 6.42 Å². The molecule has 0 saturated carbocycles. The predicted octanol–water partition coefficient (Wildman–Crippen LogP) is 2.49. The Hall–Kier alpha value is -2.37. The molecule has 0 spiro atoms. The second-order valence-electron chi connectivity index (χ2n) is 6.20. The molecule has 0 unspecified atom stereocenters. The molecule has 1 aliphatic rings. The average Bonchev–Trinajstić information content (AvgIpc) is 3.02. The van der Waals surface area contributed by atoms with E-state index >= 15 is 0 Å². The van der Waals surface area contributed by atoms with E-state index in [1.807, 2.05) is 23.1 Å². The fraction of sp³-hybridized carbons (Fsp3) is 0.500. The van der Waals surface area contributed by atoms with Crippen LogP contribution in [0.25, 0.3) is 5.52 Å². The minimum atomic E-state index is -0.234. The predicted molar refractivity (Wildman–Crippen MR) is 92.2 cm³/mol. The third kappa shape index (κ3) is 3.27. The number of likely N-dealkylation sites (tertiary alicyclic amines) is 1. The Labute approximate surface area is 141 Å². The molecule has 0 atom stereocenters. The van der Waals surface area contributed by atoms with Crippen molar-refractivity contribution in [3.05, 3.63) is 35.9 Å². The standard InChI is InChI=1S/C18H24N4O2/c1-2-3-10-19-17(23)16-20-15(14-9-5-8-13-22(14)16)18(24)21-11-6-4-7-12-21/h5,8-9,13H,2-4,6-7,10-12H2,1H3,(H,19,23). The number of unbranched alkanes of at least 4 members (excludes halogenated alkanes) is 1. The van der Waals surface area contributed by atoms with Crippen molar-refractivity contribution < 1.29 is 9.59 Å². The van der Waals surface area contributed by atoms with Gasteiger partial charge in [0.1, 0.15) is 0 Å². The summed E-state index contributed by atoms with van der Waals surface area (Å²) in [5.41, 5.74) is 1.06. The SMILES string of the molecule is CCCCNC(=O)c1nc(C(=O)N2CCCCC2)c2ccccn12. The highest BCUT2D eigenvalue weighted by atomic mass is 16.2. The maximum atomic E-state index is 12.8. The van der Waals surface area contributed by atoms with Gasteiger partial charge in [-0.15, -0.1) is 0 Å². The molecule has 1 fully saturated rings. The number of imidazole rings is 1. The summed E-state index contributed by atoms with van der Waals surface area (Å²) in [7, 11) is 0. The highest BCUT2D eigenvalue weighted by molar-refractivity contribution is 6.02. The van der Waals surface area contributed by atoms with Gasteiger partial charge in [-0.05, 0) is 37.8 Å². The molecule has 2 aromatic rings. The van der Waals surface area contributed by atoms with Crippen molar-refractivity contribution in [3.63, 3.8) is 0 Å². The maximum Gasteiger partial charge on any atom is 0.287 e. The van der Waals surface area contributed by atoms with Crippen LogP contribution >= 0.6 is 0 Å². The normalized spacial score (nSPS) is 14.8. The average molecular weight is 328 g/mol. The van der Waals surface area contributed by atoms with Gasteiger partial charge in [0.05, 0.1) is 5.52 Å². The number of amides is 2. The molecule has 24 heavy (non-hydrogen) atoms. The molecule has 0 aliphatic carbocycles. The van der Waals surface area contributed by atoms with Crippen molar-refractivity contribution in [1.82, 2.24) is 19.6 Å². The lowest BCUT2D eigenvalue weighted by Gasteiger charge is -2.25. The summed E-state index contributed by atoms with van der Waals surface area (Å²) < 4.78 is 1.71. The number of hydrogen-bond donors (Lipinski definition) is 1. The Kier molecular flexibility index (Phi) is 5.13. The summed E-state index contributed by atoms with van der Waals surface area (Å²) >= 11 is 0. The number of pyridine rings is 1. The second kappa shape index (κ2) is 7.47. The Balaban J connectivity index is 1.91. The molecule has 6 nitrogen and oxygen atoms in total. The zero-order valence-electron chi connectivity index (χ0n) is 14.1. The smallest absolute Gasteiger partial charge is 0.287 e. The largest absolute Gasteiger partial charge is 0.349 e. The van der Waals surface area contributed by atoms with Crippen LogP contribution in [0.1, 0.15) is 60.1 Å². The topological polar surface area (TPSA) is 66.7 Å². The number of hydrogen-bond acceptors (Lipinski definition) is 3. The minimum Gasteiger partial charge on any atom is -0.349 e. The van der Waals surface area contributed by atoms with Crippen molar-refractivity contribution in [2.75, 3.05) is 19.6 Å². The Morgan fingerprint density at radius 3 is 2.75 bits per heavy atom. The van der Waals surface area contributed by atoms with Crippen LogP contribution in [-0.4, -0.2) is 45.7 Å². The third-order valence-corrected chi connectivity index (χ3v) is 4.41. The van der Waals surface area contributed by atoms with Gasteiger partial charge in [0.15, 0.2) is 5.69 Å². The van der Waals surface area contributed by atoms with Gasteiger partial charge in [-0.2, -0.15) is 0 Å². The summed E-state index contributed by atoms with van der Waals surface area (Å²) in [6, 6.07) is 5.54. The van der Waals surface area contributed by atoms with Crippen molar-refractivity contribution in [2.24, 2.45) is 0 Å². The van der Waals surface area contributed by atoms with E-state index in [4.69, 9.17) is 0 Å². The van der Waals surface area contributed by atoms with Crippen LogP contribution in [0.15, 0.2) is 24.4 Å². The first-order valence-corrected chi connectivity index (χ1v) is 8.77. The number of nitrogens with zero attached hydrogens (tertiary/aromatic N) is 3. The van der Waals surface area contributed by atoms with Gasteiger partial charge >= 0.3 is 0 Å². The fourth-order valence-corrected chi connectivity index (χ4v) is 3.06. The number of carbonyl (C=O) groups excluding carboxylic acids is 2. The third-order valence-electron chi connectivity index (χ3n) is 4.41. The van der Waals surface area contributed by atoms with E-state index in [0.29, 0.717) is 17.8 Å². The van der Waals surface area contributed by atoms with E-state index in [0.717, 1.165) is 38.8 Å². The molecular formula is C18H24N4O2. The van der Waals surface area contributed by atoms with E-state index in [2.05, 4.69) is 17.2 Å². The second-order valence-corrected chi connectivity index (χ2v) is 6.20. The molecule has 3 heterocycles. The van der Waals surface area contributed by atoms with Crippen molar-refractivity contribution >= 4 is 17.3 Å². The minimum absolute atomic E-state index is 0.0778. The molecule has 1 aliphatic heterocycles. The van der Waals surface area contributed by atoms with Gasteiger partial charge < -0.3 is 10.2 Å². The van der Waals surface area contributed by atoms with E-state index in [1.54, 1.807) is 10.6 Å². The van der Waals surface area contributed by atoms with Crippen molar-refractivity contribution in [3.8, 4) is 0 Å². The van der Waals surface area contributed by atoms with Crippen LogP contribution in [-0.2, 0) is 0 Å². The van der Waals surface area contributed by atoms with Crippen LogP contribution in [0.4, 0.5) is 0 Å². The highest BCUT2D eigenvalue weighted by Gasteiger charge is 2.25. The first kappa shape index (κ1) is 16.5. The highest BCUT2D eigenvalue weighted by Crippen LogP contribution is 2.18. The summed E-state index contributed by atoms with van der Waals surface area (Å²) in [5.74, 6) is -0.0320. The molecule has 0 radical (unpaired) electrons. The van der Waals surface area contributed by atoms with Gasteiger partial charge in [0.2, 0.25) is 5.82 Å². The quantitative estimate of drug-likeness (QED) is 0.858. The number of rotatable bonds is 5. The molecule has 1 saturated heterocycles. The van der Waals surface area contributed by atoms with Gasteiger partial charge in [-0.1, -0.05) is 19.4 Å². The summed E-state index contributed by atoms with van der Waals surface area (Å²) in [6.45, 7) is 4.23. The Bertz CT molecular complexity index is 732. The van der Waals surface area contributed by atoms with E-state index in [-0.39, 0.29) is 17.6 Å². The van der Waals surface area contributed by atoms with Gasteiger partial charge in [0.25, 0.3) is 11.8 Å². The summed E-state index contributed by atoms with van der Waals surface area (Å²) in [5, 5.41) is 2.88. The van der Waals surface area contributed by atoms with Gasteiger partial charge in [-0.3, -0.25) is 14.0 Å². The first-order chi connectivity index (χ1) is 11.7. The number of fused-ring (bicyclic) bond motifs is 1. The number of nitrogens with one attached hydrogen (secondary N) is 1. The Morgan fingerprint density at radius 2 is 2.00 bits per heavy atom. The number of carbonyl (C=O) groups is 2. The molecular weight excluding hydrogens is 304 g/mol. The van der Waals surface area contributed by atoms with Crippen LogP contribution in [0.5, 0.6) is 0 Å². The lowest BCUT2D eigenvalue weighted by molar-refractivity contribution is 0.0721. The number of aromatic nitrogens is 2. The first-order valence-electron chi connectivity index (χ1n) is 8.77. The zero-order valence-corrected chi connectivity index (χ0v) is 14.1. The van der Waals surface area contributed by atoms with Gasteiger partial charge in [0, 0.05) is 25.8 Å². The molecule has 2 amide bonds. The molecule has 0 bridgehead atoms. The zero-order chi connectivity index (χ0) is 16.9. The van der Waals surface area contributed by atoms with E-state index < -0.39 is 0 Å². The molecule has 128 valence electrons. The number of piperidine rings is 1. The lowest BCUT2D eigenvalue weighted by Crippen LogP contribution is -2.36. The van der Waals surface area contributed by atoms with Crippen molar-refractivity contribution in [1.29, 1.82) is 0 Å². The van der Waals surface area contributed by atoms with Gasteiger partial charge in [-0.25, -0.2) is 4.98 Å². The van der Waals surface area contributed by atoms with Crippen LogP contribution in [0.3, 0.4) is 0 Å². The molecule has 1 N–H and O–H groups in total. The lowest BCUT2D eigenvalue weighted by atomic mass is 10.1. The summed E-state index contributed by atoms with van der Waals surface area (Å²) in [4.78, 5) is 31.5. The molecule has 3 rings (SSSR count). The fourth-order valence-electron chi connectivity index (χ4n) is 3.06. The Morgan fingerprint density at radius 1 is 1.21 bits per heavy atom.